The number of rotatable bonds is 9. The molecule has 2 saturated heterocycles. The average molecular weight is 1200 g/mol. The third-order valence-electron chi connectivity index (χ3n) is 23.9. The van der Waals surface area contributed by atoms with Crippen molar-refractivity contribution in [3.8, 4) is 28.7 Å². The van der Waals surface area contributed by atoms with Gasteiger partial charge in [0.25, 0.3) is 0 Å². The quantitative estimate of drug-likeness (QED) is 0.0480. The van der Waals surface area contributed by atoms with Gasteiger partial charge in [0.05, 0.1) is 34.3 Å². The summed E-state index contributed by atoms with van der Waals surface area (Å²) >= 11 is 0. The SMILES string of the molecule is CCC(C=C1OC(=O)C2=C3c4cc(O)ccc4-c4cccc(c4)CNCCc4cccc(c4)C4NCC(C)(O)C(CC=O)C#CC(C5(O)CCCC5)CC5CC(C6CCNC(NC)C6)(CC=C6OC(=O)C7=C6CCC6C3CCC12C76)CC54)Cc1ccccc1. The third-order valence-corrected chi connectivity index (χ3v) is 23.9. The molecule has 14 unspecified atom stereocenters. The summed E-state index contributed by atoms with van der Waals surface area (Å²) in [7, 11) is 2.04. The molecule has 0 amide bonds. The number of allylic oxidation sites excluding steroid dienone is 5. The van der Waals surface area contributed by atoms with Crippen LogP contribution in [0.5, 0.6) is 5.75 Å². The van der Waals surface area contributed by atoms with Gasteiger partial charge in [-0.15, -0.1) is 0 Å². The van der Waals surface area contributed by atoms with Gasteiger partial charge in [-0.1, -0.05) is 110 Å². The first kappa shape index (κ1) is 60.2. The number of hydrogen-bond acceptors (Lipinski definition) is 12. The van der Waals surface area contributed by atoms with Gasteiger partial charge in [-0.05, 0) is 239 Å². The number of cyclic esters (lactones) is 1. The van der Waals surface area contributed by atoms with Crippen LogP contribution in [0, 0.1) is 75.9 Å². The number of fused-ring (bicyclic) bond motifs is 5. The van der Waals surface area contributed by atoms with Gasteiger partial charge >= 0.3 is 11.9 Å². The number of aliphatic hydroxyl groups is 2. The molecule has 5 fully saturated rings. The highest BCUT2D eigenvalue weighted by atomic mass is 16.6. The Morgan fingerprint density at radius 1 is 0.809 bits per heavy atom. The van der Waals surface area contributed by atoms with Gasteiger partial charge in [0.1, 0.15) is 23.6 Å². The van der Waals surface area contributed by atoms with E-state index in [-0.39, 0.29) is 95.6 Å². The first-order valence-corrected chi connectivity index (χ1v) is 33.9. The van der Waals surface area contributed by atoms with Crippen LogP contribution in [0.3, 0.4) is 0 Å². The predicted molar refractivity (Wildman–Crippen MR) is 345 cm³/mol. The largest absolute Gasteiger partial charge is 0.508 e. The Hall–Kier alpha value is -6.43. The van der Waals surface area contributed by atoms with E-state index in [9.17, 15) is 20.1 Å². The van der Waals surface area contributed by atoms with E-state index >= 15 is 9.59 Å². The van der Waals surface area contributed by atoms with E-state index < -0.39 is 22.5 Å². The van der Waals surface area contributed by atoms with Gasteiger partial charge in [0.2, 0.25) is 0 Å². The molecule has 1 spiro atoms. The topological polar surface area (TPSA) is 178 Å². The molecule has 466 valence electrons. The van der Waals surface area contributed by atoms with Crippen LogP contribution in [-0.4, -0.2) is 77.6 Å². The van der Waals surface area contributed by atoms with Crippen molar-refractivity contribution in [2.75, 3.05) is 26.7 Å². The Bertz CT molecular complexity index is 3600. The number of phenols is 1. The Morgan fingerprint density at radius 2 is 1.64 bits per heavy atom. The van der Waals surface area contributed by atoms with Gasteiger partial charge in [0, 0.05) is 48.5 Å². The molecule has 12 aliphatic rings. The second-order valence-corrected chi connectivity index (χ2v) is 28.8. The lowest BCUT2D eigenvalue weighted by Crippen LogP contribution is -2.52. The number of carbonyl (C=O) groups excluding carboxylic acids is 3. The van der Waals surface area contributed by atoms with Gasteiger partial charge in [0.15, 0.2) is 0 Å². The molecule has 0 radical (unpaired) electrons. The summed E-state index contributed by atoms with van der Waals surface area (Å²) in [5, 5.41) is 52.1. The number of β-amino-alcohol motifs (C(OH)–C–C–N with tert-alkyl or cyclic N) is 1. The maximum Gasteiger partial charge on any atom is 0.340 e. The Balaban J connectivity index is 0.952. The zero-order chi connectivity index (χ0) is 61.2. The van der Waals surface area contributed by atoms with Crippen LogP contribution < -0.4 is 21.3 Å². The van der Waals surface area contributed by atoms with Crippen LogP contribution in [0.1, 0.15) is 150 Å². The van der Waals surface area contributed by atoms with Crippen LogP contribution in [0.4, 0.5) is 0 Å². The number of hydrogen-bond donors (Lipinski definition) is 7. The van der Waals surface area contributed by atoms with E-state index in [4.69, 9.17) is 9.47 Å². The lowest BCUT2D eigenvalue weighted by molar-refractivity contribution is -0.135. The first-order valence-electron chi connectivity index (χ1n) is 33.9. The molecule has 3 saturated carbocycles. The minimum absolute atomic E-state index is 0.00856. The van der Waals surface area contributed by atoms with Crippen molar-refractivity contribution in [2.24, 2.45) is 64.1 Å². The molecule has 0 aromatic heterocycles. The Labute approximate surface area is 525 Å². The van der Waals surface area contributed by atoms with Crippen LogP contribution in [0.2, 0.25) is 0 Å². The van der Waals surface area contributed by atoms with Gasteiger partial charge < -0.3 is 50.9 Å². The zero-order valence-electron chi connectivity index (χ0n) is 52.3. The lowest BCUT2D eigenvalue weighted by atomic mass is 9.44. The number of aromatic hydroxyl groups is 1. The fourth-order valence-electron chi connectivity index (χ4n) is 19.4. The molecule has 12 nitrogen and oxygen atoms in total. The van der Waals surface area contributed by atoms with Crippen molar-refractivity contribution in [3.05, 3.63) is 165 Å². The third kappa shape index (κ3) is 10.9. The summed E-state index contributed by atoms with van der Waals surface area (Å²) < 4.78 is 13.6. The number of ether oxygens (including phenoxy) is 2. The van der Waals surface area contributed by atoms with Crippen molar-refractivity contribution in [1.82, 2.24) is 21.3 Å². The molecule has 14 bridgehead atoms. The number of carbonyl (C=O) groups is 3. The zero-order valence-corrected chi connectivity index (χ0v) is 52.3. The minimum Gasteiger partial charge on any atom is -0.508 e. The Kier molecular flexibility index (Phi) is 16.4. The molecular formula is C77H90N4O8. The van der Waals surface area contributed by atoms with Crippen molar-refractivity contribution < 1.29 is 39.2 Å². The van der Waals surface area contributed by atoms with E-state index in [2.05, 4.69) is 125 Å². The molecule has 12 heteroatoms. The second-order valence-electron chi connectivity index (χ2n) is 28.8. The van der Waals surface area contributed by atoms with Crippen LogP contribution in [0.25, 0.3) is 16.7 Å². The van der Waals surface area contributed by atoms with Crippen LogP contribution in [0.15, 0.2) is 137 Å². The van der Waals surface area contributed by atoms with E-state index in [1.807, 2.05) is 32.2 Å². The molecule has 89 heavy (non-hydrogen) atoms. The molecule has 6 aliphatic carbocycles. The van der Waals surface area contributed by atoms with Gasteiger partial charge in [-0.2, -0.15) is 0 Å². The molecule has 4 aromatic carbocycles. The molecule has 6 heterocycles. The monoisotopic (exact) mass is 1200 g/mol. The highest BCUT2D eigenvalue weighted by Gasteiger charge is 2.69. The normalized spacial score (nSPS) is 34.7. The minimum atomic E-state index is -1.35. The number of benzene rings is 4. The highest BCUT2D eigenvalue weighted by Crippen LogP contribution is 2.72. The summed E-state index contributed by atoms with van der Waals surface area (Å²) in [4.78, 5) is 43.4. The lowest BCUT2D eigenvalue weighted by Gasteiger charge is -2.56. The molecular weight excluding hydrogens is 1110 g/mol. The van der Waals surface area contributed by atoms with E-state index in [0.29, 0.717) is 67.7 Å². The highest BCUT2D eigenvalue weighted by molar-refractivity contribution is 6.07. The maximum atomic E-state index is 15.5. The molecule has 4 aromatic rings. The first-order chi connectivity index (χ1) is 43.2. The summed E-state index contributed by atoms with van der Waals surface area (Å²) in [5.74, 6) is 6.96. The number of aldehydes is 1. The molecule has 16 rings (SSSR count). The summed E-state index contributed by atoms with van der Waals surface area (Å²) in [6, 6.07) is 33.6. The molecule has 14 atom stereocenters. The smallest absolute Gasteiger partial charge is 0.340 e. The maximum absolute atomic E-state index is 15.5. The van der Waals surface area contributed by atoms with Crippen LogP contribution in [-0.2, 0) is 43.2 Å². The molecule has 6 aliphatic heterocycles. The second kappa shape index (κ2) is 24.3. The predicted octanol–water partition coefficient (Wildman–Crippen LogP) is 11.9. The standard InChI is InChI=1S/C77H90N4O8/c1-4-47(36-48-12-6-5-7-13-48)39-65-77-32-24-59-60-22-23-61-64(88-72(84)68(61)69(60)77)25-31-75(55-27-34-80-66(41-55)78-3)43-53-40-56(76(87)29-8-9-30-76)19-18-54(28-35-82)74(2,86)46-81-71(63(53)44-75)52-17-10-14-49(37-52)26-33-79-45-50-15-11-16-51(38-50)58-21-20-57(83)42-62(58)67(59)70(77)73(85)89-65/h5-7,10-17,20-21,25,35,37-39,42,47,53-56,59-60,63,66,69,71,78-81,83,86-87H,4,8-9,22-24,26-34,36,40-41,43-46H2,1-3H3. The fourth-order valence-corrected chi connectivity index (χ4v) is 19.4. The number of nitrogens with one attached hydrogen (secondary N) is 4. The fraction of sp³-hybridized carbons (Fsp3) is 0.519. The van der Waals surface area contributed by atoms with E-state index in [0.717, 1.165) is 129 Å². The number of piperidine rings is 1. The van der Waals surface area contributed by atoms with E-state index in [1.165, 1.54) is 11.1 Å². The average Bonchev–Trinajstić information content (AvgIpc) is 1.67. The van der Waals surface area contributed by atoms with Crippen molar-refractivity contribution in [3.63, 3.8) is 0 Å². The van der Waals surface area contributed by atoms with Crippen LogP contribution >= 0.6 is 0 Å². The van der Waals surface area contributed by atoms with Gasteiger partial charge in [-0.3, -0.25) is 0 Å². The van der Waals surface area contributed by atoms with Crippen molar-refractivity contribution >= 4 is 23.8 Å². The van der Waals surface area contributed by atoms with Crippen molar-refractivity contribution in [1.29, 1.82) is 0 Å². The number of esters is 2. The Morgan fingerprint density at radius 3 is 2.46 bits per heavy atom. The van der Waals surface area contributed by atoms with Crippen molar-refractivity contribution in [2.45, 2.75) is 159 Å². The number of phenolic OH excluding ortho intramolecular Hbond substituents is 1. The summed E-state index contributed by atoms with van der Waals surface area (Å²) in [5.41, 5.74) is 7.17. The van der Waals surface area contributed by atoms with E-state index in [1.54, 1.807) is 6.07 Å². The summed E-state index contributed by atoms with van der Waals surface area (Å²) in [6.45, 7) is 6.46. The summed E-state index contributed by atoms with van der Waals surface area (Å²) in [6.07, 6.45) is 19.1. The molecule has 7 N–H and O–H groups in total. The van der Waals surface area contributed by atoms with Gasteiger partial charge in [-0.25, -0.2) is 9.59 Å².